The average Bonchev–Trinajstić information content (AvgIpc) is 3.38. The fraction of sp³-hybridized carbons (Fsp3) is 0.259. The van der Waals surface area contributed by atoms with Crippen molar-refractivity contribution < 1.29 is 49.4 Å². The lowest BCUT2D eigenvalue weighted by atomic mass is 9.73. The van der Waals surface area contributed by atoms with Crippen LogP contribution in [-0.2, 0) is 9.59 Å². The number of thiophene rings is 1. The molecule has 206 valence electrons. The van der Waals surface area contributed by atoms with Gasteiger partial charge in [0.15, 0.2) is 0 Å². The summed E-state index contributed by atoms with van der Waals surface area (Å²) < 4.78 is 5.62. The number of ether oxygens (including phenoxy) is 1. The molecule has 0 saturated heterocycles. The van der Waals surface area contributed by atoms with Crippen molar-refractivity contribution in [3.05, 3.63) is 88.1 Å². The number of aliphatic hydroxyl groups excluding tert-OH is 1. The van der Waals surface area contributed by atoms with E-state index in [0.29, 0.717) is 0 Å². The summed E-state index contributed by atoms with van der Waals surface area (Å²) in [4.78, 5) is 49.5. The van der Waals surface area contributed by atoms with Gasteiger partial charge in [0.25, 0.3) is 11.2 Å². The molecule has 2 heterocycles. The number of carbonyl (C=O) groups is 4. The van der Waals surface area contributed by atoms with Crippen LogP contribution in [0.4, 0.5) is 0 Å². The summed E-state index contributed by atoms with van der Waals surface area (Å²) in [5.74, 6) is -7.21. The molecule has 0 radical (unpaired) electrons. The Labute approximate surface area is 226 Å². The quantitative estimate of drug-likeness (QED) is 0.182. The van der Waals surface area contributed by atoms with Gasteiger partial charge in [-0.2, -0.15) is 0 Å². The van der Waals surface area contributed by atoms with Crippen molar-refractivity contribution >= 4 is 34.8 Å². The Balaban J connectivity index is 0.000000268. The SMILES string of the molecule is CC1(C)Oc2ccsc2[C@@H](N)[C@@H]1O.O=C(O)[C@@](O)(C(=O)c1ccccc1)[C@@](O)(C(=O)O)C(=O)c1ccccc1. The van der Waals surface area contributed by atoms with Crippen LogP contribution in [0.15, 0.2) is 72.1 Å². The molecule has 1 aromatic heterocycles. The fourth-order valence-electron chi connectivity index (χ4n) is 3.99. The van der Waals surface area contributed by atoms with Crippen LogP contribution in [0.3, 0.4) is 0 Å². The first-order valence-corrected chi connectivity index (χ1v) is 12.4. The third-order valence-corrected chi connectivity index (χ3v) is 7.26. The second-order valence-corrected chi connectivity index (χ2v) is 10.2. The lowest BCUT2D eigenvalue weighted by Crippen LogP contribution is -2.71. The van der Waals surface area contributed by atoms with Crippen LogP contribution >= 0.6 is 11.3 Å². The number of rotatable bonds is 7. The number of Topliss-reactive ketones (excluding diaryl/α,β-unsaturated/α-hetero) is 2. The monoisotopic (exact) mass is 557 g/mol. The smallest absolute Gasteiger partial charge is 0.348 e. The van der Waals surface area contributed by atoms with Crippen molar-refractivity contribution in [1.29, 1.82) is 0 Å². The molecule has 1 aliphatic heterocycles. The van der Waals surface area contributed by atoms with Crippen molar-refractivity contribution in [2.45, 2.75) is 42.8 Å². The Kier molecular flexibility index (Phi) is 8.39. The highest BCUT2D eigenvalue weighted by atomic mass is 32.1. The Hall–Kier alpha value is -3.94. The van der Waals surface area contributed by atoms with E-state index in [2.05, 4.69) is 0 Å². The summed E-state index contributed by atoms with van der Waals surface area (Å²) in [6.45, 7) is 3.69. The van der Waals surface area contributed by atoms with Gasteiger partial charge in [-0.05, 0) is 25.3 Å². The van der Waals surface area contributed by atoms with Crippen molar-refractivity contribution in [2.75, 3.05) is 0 Å². The van der Waals surface area contributed by atoms with E-state index in [1.807, 2.05) is 25.3 Å². The van der Waals surface area contributed by atoms with Crippen molar-refractivity contribution in [1.82, 2.24) is 0 Å². The highest BCUT2D eigenvalue weighted by molar-refractivity contribution is 7.10. The molecule has 1 aliphatic rings. The number of aliphatic hydroxyl groups is 3. The Morgan fingerprint density at radius 2 is 1.23 bits per heavy atom. The van der Waals surface area contributed by atoms with Crippen molar-refractivity contribution in [3.63, 3.8) is 0 Å². The highest BCUT2D eigenvalue weighted by Crippen LogP contribution is 2.41. The van der Waals surface area contributed by atoms with E-state index in [4.69, 9.17) is 10.5 Å². The molecular formula is C27H27NO10S. The molecule has 11 nitrogen and oxygen atoms in total. The van der Waals surface area contributed by atoms with E-state index in [1.54, 1.807) is 0 Å². The lowest BCUT2D eigenvalue weighted by molar-refractivity contribution is -0.187. The van der Waals surface area contributed by atoms with Gasteiger partial charge in [-0.1, -0.05) is 60.7 Å². The van der Waals surface area contributed by atoms with Crippen LogP contribution in [0, 0.1) is 0 Å². The van der Waals surface area contributed by atoms with Crippen molar-refractivity contribution in [3.8, 4) is 5.75 Å². The minimum atomic E-state index is -3.95. The third-order valence-electron chi connectivity index (χ3n) is 6.26. The molecule has 0 saturated carbocycles. The van der Waals surface area contributed by atoms with E-state index >= 15 is 0 Å². The van der Waals surface area contributed by atoms with Crippen LogP contribution in [0.25, 0.3) is 0 Å². The maximum atomic E-state index is 12.6. The predicted molar refractivity (Wildman–Crippen MR) is 139 cm³/mol. The maximum absolute atomic E-state index is 12.6. The van der Waals surface area contributed by atoms with Gasteiger partial charge in [0.05, 0.1) is 10.9 Å². The number of hydrogen-bond donors (Lipinski definition) is 6. The van der Waals surface area contributed by atoms with Gasteiger partial charge in [-0.3, -0.25) is 9.59 Å². The number of benzene rings is 2. The molecule has 39 heavy (non-hydrogen) atoms. The first kappa shape index (κ1) is 29.6. The minimum absolute atomic E-state index is 0.321. The largest absolute Gasteiger partial charge is 0.484 e. The molecule has 0 unspecified atom stereocenters. The molecule has 3 aromatic rings. The number of carboxylic acids is 2. The molecule has 4 atom stereocenters. The lowest BCUT2D eigenvalue weighted by Gasteiger charge is -2.39. The van der Waals surface area contributed by atoms with Gasteiger partial charge >= 0.3 is 11.9 Å². The molecule has 4 rings (SSSR count). The molecular weight excluding hydrogens is 530 g/mol. The third kappa shape index (κ3) is 5.20. The summed E-state index contributed by atoms with van der Waals surface area (Å²) in [6, 6.07) is 14.4. The van der Waals surface area contributed by atoms with E-state index < -0.39 is 57.5 Å². The topological polar surface area (TPSA) is 205 Å². The Morgan fingerprint density at radius 3 is 1.62 bits per heavy atom. The van der Waals surface area contributed by atoms with E-state index in [0.717, 1.165) is 34.9 Å². The van der Waals surface area contributed by atoms with Gasteiger partial charge in [0.2, 0.25) is 11.6 Å². The molecule has 0 spiro atoms. The number of hydrogen-bond acceptors (Lipinski definition) is 10. The highest BCUT2D eigenvalue weighted by Gasteiger charge is 2.69. The second kappa shape index (κ2) is 11.0. The number of carbonyl (C=O) groups excluding carboxylic acids is 2. The number of ketones is 2. The van der Waals surface area contributed by atoms with Gasteiger partial charge in [-0.25, -0.2) is 9.59 Å². The summed E-state index contributed by atoms with van der Waals surface area (Å²) in [5.41, 5.74) is -3.38. The second-order valence-electron chi connectivity index (χ2n) is 9.25. The van der Waals surface area contributed by atoms with Crippen LogP contribution in [0.2, 0.25) is 0 Å². The van der Waals surface area contributed by atoms with E-state index in [9.17, 15) is 44.7 Å². The van der Waals surface area contributed by atoms with Gasteiger partial charge < -0.3 is 36.0 Å². The van der Waals surface area contributed by atoms with E-state index in [-0.39, 0.29) is 6.04 Å². The van der Waals surface area contributed by atoms with Gasteiger partial charge in [0.1, 0.15) is 17.5 Å². The zero-order valence-electron chi connectivity index (χ0n) is 20.8. The Morgan fingerprint density at radius 1 is 0.821 bits per heavy atom. The number of nitrogens with two attached hydrogens (primary N) is 1. The first-order chi connectivity index (χ1) is 18.2. The fourth-order valence-corrected chi connectivity index (χ4v) is 4.84. The summed E-state index contributed by atoms with van der Waals surface area (Å²) in [5, 5.41) is 51.6. The minimum Gasteiger partial charge on any atom is -0.484 e. The summed E-state index contributed by atoms with van der Waals surface area (Å²) in [6.07, 6.45) is -0.640. The molecule has 0 fully saturated rings. The van der Waals surface area contributed by atoms with Crippen LogP contribution in [-0.4, -0.2) is 71.9 Å². The van der Waals surface area contributed by atoms with Crippen molar-refractivity contribution in [2.24, 2.45) is 5.73 Å². The van der Waals surface area contributed by atoms with Crippen LogP contribution in [0.5, 0.6) is 5.75 Å². The zero-order valence-corrected chi connectivity index (χ0v) is 21.7. The molecule has 7 N–H and O–H groups in total. The van der Waals surface area contributed by atoms with Gasteiger partial charge in [0, 0.05) is 11.1 Å². The van der Waals surface area contributed by atoms with Crippen LogP contribution in [0.1, 0.15) is 45.5 Å². The molecule has 0 aliphatic carbocycles. The molecule has 0 bridgehead atoms. The Bertz CT molecular complexity index is 1300. The summed E-state index contributed by atoms with van der Waals surface area (Å²) in [7, 11) is 0. The first-order valence-electron chi connectivity index (χ1n) is 11.5. The summed E-state index contributed by atoms with van der Waals surface area (Å²) >= 11 is 1.53. The normalized spacial score (nSPS) is 20.5. The number of aliphatic carboxylic acids is 2. The molecule has 2 aromatic carbocycles. The zero-order chi connectivity index (χ0) is 29.2. The molecule has 0 amide bonds. The van der Waals surface area contributed by atoms with Gasteiger partial charge in [-0.15, -0.1) is 11.3 Å². The number of carboxylic acid groups (broad SMARTS) is 2. The standard InChI is InChI=1S/C18H14O8.C9H13NO2S/c19-13(11-7-3-1-4-8-11)17(25,15(21)22)18(26,16(23)24)14(20)12-9-5-2-6-10-12;1-9(2)8(11)6(10)7-5(12-9)3-4-13-7/h1-10,25-26H,(H,21,22)(H,23,24);3-4,6,8,11H,10H2,1-2H3/t17-,18-;6-,8+/m01/s1. The number of fused-ring (bicyclic) bond motifs is 1. The van der Waals surface area contributed by atoms with E-state index in [1.165, 1.54) is 47.7 Å². The van der Waals surface area contributed by atoms with Crippen LogP contribution < -0.4 is 10.5 Å². The maximum Gasteiger partial charge on any atom is 0.348 e. The molecule has 12 heteroatoms. The average molecular weight is 558 g/mol. The predicted octanol–water partition coefficient (Wildman–Crippen LogP) is 1.66.